The van der Waals surface area contributed by atoms with Crippen molar-refractivity contribution in [1.82, 2.24) is 5.32 Å². The van der Waals surface area contributed by atoms with Gasteiger partial charge < -0.3 is 10.1 Å². The van der Waals surface area contributed by atoms with E-state index in [1.54, 1.807) is 24.3 Å². The Kier molecular flexibility index (Phi) is 3.73. The Hall–Kier alpha value is -1.86. The van der Waals surface area contributed by atoms with E-state index >= 15 is 0 Å². The fourth-order valence-electron chi connectivity index (χ4n) is 1.87. The molecule has 1 atom stereocenters. The molecule has 1 aromatic carbocycles. The molecule has 2 rings (SSSR count). The van der Waals surface area contributed by atoms with Crippen molar-refractivity contribution in [3.8, 4) is 6.07 Å². The largest absolute Gasteiger partial charge is 0.460 e. The number of benzene rings is 1. The summed E-state index contributed by atoms with van der Waals surface area (Å²) in [5.74, 6) is -0.365. The average Bonchev–Trinajstić information content (AvgIpc) is 2.89. The zero-order chi connectivity index (χ0) is 12.1. The summed E-state index contributed by atoms with van der Waals surface area (Å²) in [6, 6.07) is 8.82. The van der Waals surface area contributed by atoms with Gasteiger partial charge in [-0.25, -0.2) is 4.79 Å². The predicted molar refractivity (Wildman–Crippen MR) is 62.5 cm³/mol. The Morgan fingerprint density at radius 1 is 1.59 bits per heavy atom. The Bertz CT molecular complexity index is 445. The Balaban J connectivity index is 1.92. The van der Waals surface area contributed by atoms with Crippen molar-refractivity contribution in [3.05, 3.63) is 35.4 Å². The second-order valence-electron chi connectivity index (χ2n) is 4.08. The second kappa shape index (κ2) is 5.46. The van der Waals surface area contributed by atoms with Crippen LogP contribution in [0.5, 0.6) is 0 Å². The average molecular weight is 230 g/mol. The van der Waals surface area contributed by atoms with Crippen molar-refractivity contribution in [2.45, 2.75) is 18.9 Å². The summed E-state index contributed by atoms with van der Waals surface area (Å²) in [6.45, 7) is 1.39. The number of carbonyl (C=O) groups excluding carboxylic acids is 1. The molecular weight excluding hydrogens is 216 g/mol. The van der Waals surface area contributed by atoms with Gasteiger partial charge in [-0.2, -0.15) is 5.26 Å². The van der Waals surface area contributed by atoms with Crippen LogP contribution in [0.3, 0.4) is 0 Å². The SMILES string of the molecule is N#Cc1cccc(C(=O)OCC2CCCN2)c1. The molecule has 88 valence electrons. The van der Waals surface area contributed by atoms with Gasteiger partial charge in [-0.15, -0.1) is 0 Å². The molecule has 1 aliphatic heterocycles. The van der Waals surface area contributed by atoms with Crippen LogP contribution in [0.2, 0.25) is 0 Å². The first-order chi connectivity index (χ1) is 8.29. The van der Waals surface area contributed by atoms with Crippen molar-refractivity contribution < 1.29 is 9.53 Å². The van der Waals surface area contributed by atoms with Crippen molar-refractivity contribution in [1.29, 1.82) is 5.26 Å². The minimum atomic E-state index is -0.365. The van der Waals surface area contributed by atoms with Crippen LogP contribution in [0.4, 0.5) is 0 Å². The molecule has 1 heterocycles. The van der Waals surface area contributed by atoms with E-state index < -0.39 is 0 Å². The van der Waals surface area contributed by atoms with Crippen LogP contribution in [0.25, 0.3) is 0 Å². The van der Waals surface area contributed by atoms with Gasteiger partial charge in [0.1, 0.15) is 6.61 Å². The highest BCUT2D eigenvalue weighted by Crippen LogP contribution is 2.09. The molecule has 1 aromatic rings. The molecule has 1 fully saturated rings. The molecule has 0 aliphatic carbocycles. The van der Waals surface area contributed by atoms with Crippen molar-refractivity contribution in [3.63, 3.8) is 0 Å². The lowest BCUT2D eigenvalue weighted by Crippen LogP contribution is -2.28. The van der Waals surface area contributed by atoms with E-state index in [9.17, 15) is 4.79 Å². The van der Waals surface area contributed by atoms with Gasteiger partial charge in [-0.05, 0) is 37.6 Å². The standard InChI is InChI=1S/C13H14N2O2/c14-8-10-3-1-4-11(7-10)13(16)17-9-12-5-2-6-15-12/h1,3-4,7,12,15H,2,5-6,9H2. The minimum Gasteiger partial charge on any atom is -0.460 e. The van der Waals surface area contributed by atoms with Gasteiger partial charge in [0.15, 0.2) is 0 Å². The summed E-state index contributed by atoms with van der Waals surface area (Å²) >= 11 is 0. The van der Waals surface area contributed by atoms with Crippen LogP contribution >= 0.6 is 0 Å². The fourth-order valence-corrected chi connectivity index (χ4v) is 1.87. The lowest BCUT2D eigenvalue weighted by atomic mass is 10.1. The molecule has 0 radical (unpaired) electrons. The Morgan fingerprint density at radius 2 is 2.47 bits per heavy atom. The molecular formula is C13H14N2O2. The zero-order valence-corrected chi connectivity index (χ0v) is 9.48. The number of nitrogens with one attached hydrogen (secondary N) is 1. The summed E-state index contributed by atoms with van der Waals surface area (Å²) in [5, 5.41) is 12.0. The molecule has 0 spiro atoms. The molecule has 0 amide bonds. The summed E-state index contributed by atoms with van der Waals surface area (Å²) in [4.78, 5) is 11.7. The topological polar surface area (TPSA) is 62.1 Å². The minimum absolute atomic E-state index is 0.276. The van der Waals surface area contributed by atoms with E-state index in [1.807, 2.05) is 6.07 Å². The quantitative estimate of drug-likeness (QED) is 0.799. The fraction of sp³-hybridized carbons (Fsp3) is 0.385. The first kappa shape index (κ1) is 11.6. The van der Waals surface area contributed by atoms with Crippen molar-refractivity contribution in [2.75, 3.05) is 13.2 Å². The van der Waals surface area contributed by atoms with Crippen LogP contribution in [-0.4, -0.2) is 25.2 Å². The maximum atomic E-state index is 11.7. The summed E-state index contributed by atoms with van der Waals surface area (Å²) in [5.41, 5.74) is 0.903. The molecule has 4 heteroatoms. The number of hydrogen-bond acceptors (Lipinski definition) is 4. The van der Waals surface area contributed by atoms with Gasteiger partial charge in [0, 0.05) is 6.04 Å². The molecule has 1 unspecified atom stereocenters. The van der Waals surface area contributed by atoms with E-state index in [2.05, 4.69) is 5.32 Å². The van der Waals surface area contributed by atoms with E-state index in [4.69, 9.17) is 10.00 Å². The molecule has 1 saturated heterocycles. The third-order valence-electron chi connectivity index (χ3n) is 2.81. The van der Waals surface area contributed by atoms with Crippen LogP contribution in [0.1, 0.15) is 28.8 Å². The van der Waals surface area contributed by atoms with E-state index in [0.29, 0.717) is 17.7 Å². The highest BCUT2D eigenvalue weighted by Gasteiger charge is 2.16. The number of esters is 1. The number of ether oxygens (including phenoxy) is 1. The zero-order valence-electron chi connectivity index (χ0n) is 9.48. The molecule has 0 aromatic heterocycles. The number of hydrogen-bond donors (Lipinski definition) is 1. The van der Waals surface area contributed by atoms with Crippen LogP contribution < -0.4 is 5.32 Å². The third kappa shape index (κ3) is 3.05. The van der Waals surface area contributed by atoms with Crippen molar-refractivity contribution in [2.24, 2.45) is 0 Å². The van der Waals surface area contributed by atoms with Crippen LogP contribution in [0, 0.1) is 11.3 Å². The number of rotatable bonds is 3. The van der Waals surface area contributed by atoms with Gasteiger partial charge in [-0.3, -0.25) is 0 Å². The van der Waals surface area contributed by atoms with E-state index in [-0.39, 0.29) is 12.0 Å². The Labute approximate surface area is 100 Å². The van der Waals surface area contributed by atoms with E-state index in [0.717, 1.165) is 19.4 Å². The summed E-state index contributed by atoms with van der Waals surface area (Å²) in [7, 11) is 0. The third-order valence-corrected chi connectivity index (χ3v) is 2.81. The normalized spacial score (nSPS) is 18.6. The first-order valence-corrected chi connectivity index (χ1v) is 5.70. The molecule has 4 nitrogen and oxygen atoms in total. The molecule has 1 aliphatic rings. The highest BCUT2D eigenvalue weighted by atomic mass is 16.5. The van der Waals surface area contributed by atoms with E-state index in [1.165, 1.54) is 0 Å². The number of nitriles is 1. The lowest BCUT2D eigenvalue weighted by molar-refractivity contribution is 0.0473. The lowest BCUT2D eigenvalue weighted by Gasteiger charge is -2.10. The molecule has 0 saturated carbocycles. The van der Waals surface area contributed by atoms with Gasteiger partial charge in [0.2, 0.25) is 0 Å². The van der Waals surface area contributed by atoms with Gasteiger partial charge >= 0.3 is 5.97 Å². The smallest absolute Gasteiger partial charge is 0.338 e. The monoisotopic (exact) mass is 230 g/mol. The summed E-state index contributed by atoms with van der Waals surface area (Å²) in [6.07, 6.45) is 2.18. The van der Waals surface area contributed by atoms with Crippen LogP contribution in [0.15, 0.2) is 24.3 Å². The maximum absolute atomic E-state index is 11.7. The molecule has 0 bridgehead atoms. The maximum Gasteiger partial charge on any atom is 0.338 e. The van der Waals surface area contributed by atoms with Gasteiger partial charge in [0.05, 0.1) is 17.2 Å². The molecule has 1 N–H and O–H groups in total. The van der Waals surface area contributed by atoms with Gasteiger partial charge in [0.25, 0.3) is 0 Å². The number of nitrogens with zero attached hydrogens (tertiary/aromatic N) is 1. The van der Waals surface area contributed by atoms with Gasteiger partial charge in [-0.1, -0.05) is 6.07 Å². The van der Waals surface area contributed by atoms with Crippen LogP contribution in [-0.2, 0) is 4.74 Å². The first-order valence-electron chi connectivity index (χ1n) is 5.70. The highest BCUT2D eigenvalue weighted by molar-refractivity contribution is 5.89. The summed E-state index contributed by atoms with van der Waals surface area (Å²) < 4.78 is 5.20. The molecule has 17 heavy (non-hydrogen) atoms. The van der Waals surface area contributed by atoms with Crippen molar-refractivity contribution >= 4 is 5.97 Å². The predicted octanol–water partition coefficient (Wildman–Crippen LogP) is 1.47. The Morgan fingerprint density at radius 3 is 3.18 bits per heavy atom. The second-order valence-corrected chi connectivity index (χ2v) is 4.08. The number of carbonyl (C=O) groups is 1.